The van der Waals surface area contributed by atoms with Crippen LogP contribution in [0.2, 0.25) is 0 Å². The van der Waals surface area contributed by atoms with Gasteiger partial charge in [0.1, 0.15) is 0 Å². The summed E-state index contributed by atoms with van der Waals surface area (Å²) >= 11 is 0. The molecule has 5 aromatic carbocycles. The summed E-state index contributed by atoms with van der Waals surface area (Å²) in [6, 6.07) is 47.0. The predicted molar refractivity (Wildman–Crippen MR) is 221 cm³/mol. The molecule has 0 bridgehead atoms. The lowest BCUT2D eigenvalue weighted by Gasteiger charge is -2.19. The SMILES string of the molecule is C1=CNc2c(c(-c3ccc(-c4ccc5cc(-c6ccc7nc(-c8cc9cccnc9c9ncccc89)ccc7c6)ccc5n4)cc3)cc3cccnc23)C1. The number of allylic oxidation sites excluding steroid dienone is 1. The molecule has 0 fully saturated rings. The van der Waals surface area contributed by atoms with E-state index in [0.717, 1.165) is 100 Å². The quantitative estimate of drug-likeness (QED) is 0.185. The maximum absolute atomic E-state index is 5.11. The lowest BCUT2D eigenvalue weighted by Crippen LogP contribution is -2.04. The molecule has 252 valence electrons. The molecule has 1 aliphatic heterocycles. The van der Waals surface area contributed by atoms with Gasteiger partial charge in [0.25, 0.3) is 0 Å². The summed E-state index contributed by atoms with van der Waals surface area (Å²) in [5.74, 6) is 0. The summed E-state index contributed by atoms with van der Waals surface area (Å²) in [6.07, 6.45) is 10.5. The van der Waals surface area contributed by atoms with Gasteiger partial charge in [-0.15, -0.1) is 0 Å². The van der Waals surface area contributed by atoms with E-state index in [1.165, 1.54) is 16.7 Å². The number of nitrogens with zero attached hydrogens (tertiary/aromatic N) is 5. The van der Waals surface area contributed by atoms with Gasteiger partial charge in [-0.3, -0.25) is 15.0 Å². The van der Waals surface area contributed by atoms with Crippen LogP contribution in [0.15, 0.2) is 164 Å². The van der Waals surface area contributed by atoms with Crippen molar-refractivity contribution < 1.29 is 0 Å². The van der Waals surface area contributed by atoms with E-state index in [2.05, 4.69) is 142 Å². The summed E-state index contributed by atoms with van der Waals surface area (Å²) in [6.45, 7) is 0. The van der Waals surface area contributed by atoms with Crippen LogP contribution in [0.25, 0.3) is 99.3 Å². The molecular weight excluding hydrogens is 661 g/mol. The number of rotatable bonds is 4. The Kier molecular flexibility index (Phi) is 6.82. The lowest BCUT2D eigenvalue weighted by atomic mass is 9.91. The van der Waals surface area contributed by atoms with Crippen LogP contribution in [0.1, 0.15) is 5.56 Å². The Hall–Kier alpha value is -7.31. The van der Waals surface area contributed by atoms with E-state index in [1.807, 2.05) is 43.0 Å². The summed E-state index contributed by atoms with van der Waals surface area (Å²) in [4.78, 5) is 24.1. The van der Waals surface area contributed by atoms with Crippen LogP contribution in [0.4, 0.5) is 5.69 Å². The minimum absolute atomic E-state index is 0.872. The second-order valence-corrected chi connectivity index (χ2v) is 13.8. The summed E-state index contributed by atoms with van der Waals surface area (Å²) < 4.78 is 0. The van der Waals surface area contributed by atoms with Gasteiger partial charge in [0, 0.05) is 56.6 Å². The summed E-state index contributed by atoms with van der Waals surface area (Å²) in [7, 11) is 0. The van der Waals surface area contributed by atoms with Crippen molar-refractivity contribution >= 4 is 60.2 Å². The molecule has 5 aromatic heterocycles. The Morgan fingerprint density at radius 1 is 0.444 bits per heavy atom. The first-order valence-electron chi connectivity index (χ1n) is 18.1. The van der Waals surface area contributed by atoms with Crippen molar-refractivity contribution in [2.45, 2.75) is 6.42 Å². The molecule has 6 nitrogen and oxygen atoms in total. The first kappa shape index (κ1) is 30.3. The largest absolute Gasteiger partial charge is 0.360 e. The van der Waals surface area contributed by atoms with Gasteiger partial charge in [0.15, 0.2) is 0 Å². The van der Waals surface area contributed by atoms with Crippen molar-refractivity contribution in [2.75, 3.05) is 5.32 Å². The standard InChI is InChI=1S/C48H30N6/c1-5-35-27-39(37-7-3-23-51-47(37)45(35)49-21-1)29-9-11-30(12-10-29)41-19-15-33-25-31(13-17-42(33)53-41)32-14-18-43-34(26-32)16-20-44(54-43)40-28-36-6-2-22-50-46(36)48-38(40)8-4-24-52-48/h1-6,8-28,51H,7H2. The van der Waals surface area contributed by atoms with E-state index in [9.17, 15) is 0 Å². The molecule has 0 saturated carbocycles. The third-order valence-corrected chi connectivity index (χ3v) is 10.6. The number of fused-ring (bicyclic) bond motifs is 8. The van der Waals surface area contributed by atoms with E-state index in [4.69, 9.17) is 9.97 Å². The average Bonchev–Trinajstić information content (AvgIpc) is 3.25. The van der Waals surface area contributed by atoms with Gasteiger partial charge in [-0.2, -0.15) is 0 Å². The Morgan fingerprint density at radius 2 is 1.04 bits per heavy atom. The zero-order valence-electron chi connectivity index (χ0n) is 29.0. The number of hydrogen-bond donors (Lipinski definition) is 1. The Bertz CT molecular complexity index is 3170. The van der Waals surface area contributed by atoms with Crippen molar-refractivity contribution in [2.24, 2.45) is 0 Å². The van der Waals surface area contributed by atoms with E-state index >= 15 is 0 Å². The van der Waals surface area contributed by atoms with Gasteiger partial charge in [-0.25, -0.2) is 9.97 Å². The van der Waals surface area contributed by atoms with E-state index in [1.54, 1.807) is 0 Å². The van der Waals surface area contributed by atoms with Crippen molar-refractivity contribution in [3.05, 3.63) is 170 Å². The van der Waals surface area contributed by atoms with Crippen LogP contribution in [-0.4, -0.2) is 24.9 Å². The van der Waals surface area contributed by atoms with Gasteiger partial charge in [-0.05, 0) is 107 Å². The minimum Gasteiger partial charge on any atom is -0.360 e. The summed E-state index contributed by atoms with van der Waals surface area (Å²) in [5, 5.41) is 8.87. The molecule has 11 rings (SSSR count). The van der Waals surface area contributed by atoms with Crippen LogP contribution in [0, 0.1) is 0 Å². The first-order chi connectivity index (χ1) is 26.7. The van der Waals surface area contributed by atoms with Crippen LogP contribution in [-0.2, 0) is 6.42 Å². The predicted octanol–water partition coefficient (Wildman–Crippen LogP) is 11.6. The van der Waals surface area contributed by atoms with Gasteiger partial charge in [0.05, 0.1) is 44.7 Å². The van der Waals surface area contributed by atoms with E-state index < -0.39 is 0 Å². The van der Waals surface area contributed by atoms with Crippen molar-refractivity contribution in [1.29, 1.82) is 0 Å². The van der Waals surface area contributed by atoms with Gasteiger partial charge < -0.3 is 5.32 Å². The van der Waals surface area contributed by atoms with Gasteiger partial charge >= 0.3 is 0 Å². The van der Waals surface area contributed by atoms with Crippen molar-refractivity contribution in [3.8, 4) is 44.8 Å². The lowest BCUT2D eigenvalue weighted by molar-refractivity contribution is 1.23. The molecule has 0 atom stereocenters. The highest BCUT2D eigenvalue weighted by Gasteiger charge is 2.17. The zero-order chi connectivity index (χ0) is 35.6. The molecule has 1 aliphatic rings. The van der Waals surface area contributed by atoms with Crippen molar-refractivity contribution in [3.63, 3.8) is 0 Å². The smallest absolute Gasteiger partial charge is 0.0971 e. The van der Waals surface area contributed by atoms with Crippen molar-refractivity contribution in [1.82, 2.24) is 24.9 Å². The Morgan fingerprint density at radius 3 is 1.80 bits per heavy atom. The Labute approximate surface area is 310 Å². The number of pyridine rings is 5. The van der Waals surface area contributed by atoms with E-state index in [-0.39, 0.29) is 0 Å². The van der Waals surface area contributed by atoms with Crippen LogP contribution in [0.3, 0.4) is 0 Å². The van der Waals surface area contributed by atoms with Crippen LogP contribution < -0.4 is 5.32 Å². The number of anilines is 1. The monoisotopic (exact) mass is 690 g/mol. The number of nitrogens with one attached hydrogen (secondary N) is 1. The minimum atomic E-state index is 0.872. The molecule has 0 spiro atoms. The fourth-order valence-corrected chi connectivity index (χ4v) is 7.94. The molecule has 0 unspecified atom stereocenters. The molecule has 0 aliphatic carbocycles. The number of hydrogen-bond acceptors (Lipinski definition) is 6. The third kappa shape index (κ3) is 4.99. The zero-order valence-corrected chi connectivity index (χ0v) is 29.0. The second kappa shape index (κ2) is 12.1. The molecular formula is C48H30N6. The van der Waals surface area contributed by atoms with Crippen LogP contribution in [0.5, 0.6) is 0 Å². The molecule has 6 heterocycles. The maximum atomic E-state index is 5.11. The Balaban J connectivity index is 0.889. The number of aromatic nitrogens is 5. The maximum Gasteiger partial charge on any atom is 0.0971 e. The summed E-state index contributed by atoms with van der Waals surface area (Å²) in [5.41, 5.74) is 15.8. The normalized spacial score (nSPS) is 12.4. The molecule has 54 heavy (non-hydrogen) atoms. The molecule has 1 N–H and O–H groups in total. The van der Waals surface area contributed by atoms with E-state index in [0.29, 0.717) is 0 Å². The fourth-order valence-electron chi connectivity index (χ4n) is 7.94. The average molecular weight is 691 g/mol. The highest BCUT2D eigenvalue weighted by atomic mass is 14.9. The molecule has 0 saturated heterocycles. The van der Waals surface area contributed by atoms with Gasteiger partial charge in [0.2, 0.25) is 0 Å². The highest BCUT2D eigenvalue weighted by Crippen LogP contribution is 2.39. The highest BCUT2D eigenvalue weighted by molar-refractivity contribution is 6.10. The second-order valence-electron chi connectivity index (χ2n) is 13.8. The fraction of sp³-hybridized carbons (Fsp3) is 0.0208. The first-order valence-corrected chi connectivity index (χ1v) is 18.1. The van der Waals surface area contributed by atoms with Crippen LogP contribution >= 0.6 is 0 Å². The number of benzene rings is 5. The molecule has 0 amide bonds. The molecule has 6 heteroatoms. The topological polar surface area (TPSA) is 76.5 Å². The van der Waals surface area contributed by atoms with Gasteiger partial charge in [-0.1, -0.05) is 72.8 Å². The molecule has 0 radical (unpaired) electrons. The third-order valence-electron chi connectivity index (χ3n) is 10.6. The molecule has 10 aromatic rings.